The zero-order valence-corrected chi connectivity index (χ0v) is 39.7. The molecule has 44 heavy (non-hydrogen) atoms. The van der Waals surface area contributed by atoms with Gasteiger partial charge < -0.3 is 38.3 Å². The zero-order chi connectivity index (χ0) is 34.3. The molecule has 9 nitrogen and oxygen atoms in total. The molecule has 1 heterocycles. The van der Waals surface area contributed by atoms with Gasteiger partial charge in [0.1, 0.15) is 8.80 Å². The third-order valence-corrected chi connectivity index (χ3v) is 40.8. The van der Waals surface area contributed by atoms with E-state index >= 15 is 0 Å². The highest BCUT2D eigenvalue weighted by molar-refractivity contribution is 6.95. The molecular weight excluding hydrogens is 709 g/mol. The summed E-state index contributed by atoms with van der Waals surface area (Å²) in [6, 6.07) is 4.87. The van der Waals surface area contributed by atoms with Crippen LogP contribution in [0.25, 0.3) is 0 Å². The lowest BCUT2D eigenvalue weighted by Crippen LogP contribution is -2.67. The fraction of sp³-hybridized carbons (Fsp3) is 0.846. The Balaban J connectivity index is 3.42. The second-order valence-corrected chi connectivity index (χ2v) is 47.4. The van der Waals surface area contributed by atoms with Gasteiger partial charge in [-0.15, -0.1) is 18.9 Å². The molecular formula is C26H65O9Si9. The molecule has 0 spiro atoms. The molecule has 0 aromatic carbocycles. The van der Waals surface area contributed by atoms with Gasteiger partial charge in [-0.05, 0) is 102 Å². The van der Waals surface area contributed by atoms with Gasteiger partial charge in [0.2, 0.25) is 0 Å². The molecule has 1 aliphatic heterocycles. The molecule has 0 aromatic heterocycles. The van der Waals surface area contributed by atoms with Crippen LogP contribution in [0.1, 0.15) is 0 Å². The lowest BCUT2D eigenvalue weighted by Gasteiger charge is -2.50. The van der Waals surface area contributed by atoms with Gasteiger partial charge in [0.15, 0.2) is 25.0 Å². The molecule has 1 saturated heterocycles. The monoisotopic (exact) mass is 773 g/mol. The molecule has 3 unspecified atom stereocenters. The Labute approximate surface area is 280 Å². The summed E-state index contributed by atoms with van der Waals surface area (Å²) >= 11 is 0. The topological polar surface area (TPSA) is 83.1 Å². The van der Waals surface area contributed by atoms with Gasteiger partial charge in [0.05, 0.1) is 0 Å². The van der Waals surface area contributed by atoms with Crippen molar-refractivity contribution in [3.05, 3.63) is 24.6 Å². The Morgan fingerprint density at radius 1 is 0.659 bits per heavy atom. The molecule has 259 valence electrons. The van der Waals surface area contributed by atoms with Crippen LogP contribution in [-0.2, 0) is 38.3 Å². The van der Waals surface area contributed by atoms with Crippen LogP contribution in [-0.4, -0.2) is 104 Å². The van der Waals surface area contributed by atoms with Gasteiger partial charge in [0.25, 0.3) is 0 Å². The van der Waals surface area contributed by atoms with Crippen molar-refractivity contribution in [3.63, 3.8) is 0 Å². The highest BCUT2D eigenvalue weighted by Crippen LogP contribution is 2.40. The molecule has 1 radical (unpaired) electrons. The maximum Gasteiger partial charge on any atom is 0.500 e. The van der Waals surface area contributed by atoms with Gasteiger partial charge in [-0.3, -0.25) is 0 Å². The quantitative estimate of drug-likeness (QED) is 0.123. The molecule has 0 amide bonds. The summed E-state index contributed by atoms with van der Waals surface area (Å²) in [6.07, 6.45) is 0.801. The second kappa shape index (κ2) is 16.7. The van der Waals surface area contributed by atoms with Crippen molar-refractivity contribution < 1.29 is 38.3 Å². The first kappa shape index (κ1) is 43.1. The van der Waals surface area contributed by atoms with Gasteiger partial charge in [-0.25, -0.2) is 0 Å². The van der Waals surface area contributed by atoms with Crippen LogP contribution in [0.15, 0.2) is 24.6 Å². The third-order valence-electron chi connectivity index (χ3n) is 8.04. The molecule has 1 aliphatic rings. The van der Waals surface area contributed by atoms with Crippen LogP contribution >= 0.6 is 0 Å². The van der Waals surface area contributed by atoms with Crippen LogP contribution in [0.4, 0.5) is 0 Å². The summed E-state index contributed by atoms with van der Waals surface area (Å²) in [5.41, 5.74) is 4.08. The first-order chi connectivity index (χ1) is 19.9. The molecule has 1 fully saturated rings. The van der Waals surface area contributed by atoms with Crippen molar-refractivity contribution in [2.24, 2.45) is 0 Å². The van der Waals surface area contributed by atoms with E-state index in [0.717, 1.165) is 30.4 Å². The van der Waals surface area contributed by atoms with Crippen molar-refractivity contribution in [1.82, 2.24) is 0 Å². The van der Waals surface area contributed by atoms with E-state index in [4.69, 9.17) is 38.3 Å². The Hall–Kier alpha value is 1.07. The van der Waals surface area contributed by atoms with Crippen LogP contribution in [0.3, 0.4) is 0 Å². The predicted octanol–water partition coefficient (Wildman–Crippen LogP) is 7.63. The van der Waals surface area contributed by atoms with Crippen molar-refractivity contribution in [1.29, 1.82) is 0 Å². The van der Waals surface area contributed by atoms with Gasteiger partial charge in [-0.2, -0.15) is 0 Å². The van der Waals surface area contributed by atoms with Crippen molar-refractivity contribution >= 4 is 76.8 Å². The van der Waals surface area contributed by atoms with Gasteiger partial charge in [-0.1, -0.05) is 12.2 Å². The number of hydrogen-bond acceptors (Lipinski definition) is 9. The fourth-order valence-electron chi connectivity index (χ4n) is 5.58. The maximum atomic E-state index is 7.36. The van der Waals surface area contributed by atoms with E-state index in [1.165, 1.54) is 0 Å². The first-order valence-corrected chi connectivity index (χ1v) is 39.6. The lowest BCUT2D eigenvalue weighted by atomic mass is 10.9. The minimum Gasteiger partial charge on any atom is -0.453 e. The highest BCUT2D eigenvalue weighted by Gasteiger charge is 2.57. The van der Waals surface area contributed by atoms with Crippen LogP contribution in [0.5, 0.6) is 0 Å². The molecule has 0 aliphatic carbocycles. The molecule has 3 atom stereocenters. The van der Waals surface area contributed by atoms with Crippen LogP contribution < -0.4 is 0 Å². The Bertz CT molecular complexity index is 930. The normalized spacial score (nSPS) is 27.2. The third kappa shape index (κ3) is 14.7. The Kier molecular flexibility index (Phi) is 16.3. The summed E-state index contributed by atoms with van der Waals surface area (Å²) in [5, 5.41) is 0. The van der Waals surface area contributed by atoms with Crippen LogP contribution in [0.2, 0.25) is 115 Å². The molecule has 0 N–H and O–H groups in total. The van der Waals surface area contributed by atoms with E-state index in [1.807, 2.05) is 5.70 Å². The van der Waals surface area contributed by atoms with E-state index in [0.29, 0.717) is 12.1 Å². The largest absolute Gasteiger partial charge is 0.500 e. The molecule has 0 aromatic rings. The molecule has 0 bridgehead atoms. The smallest absolute Gasteiger partial charge is 0.453 e. The van der Waals surface area contributed by atoms with Crippen molar-refractivity contribution in [3.8, 4) is 0 Å². The number of hydrogen-bond donors (Lipinski definition) is 0. The summed E-state index contributed by atoms with van der Waals surface area (Å²) < 4.78 is 59.4. The van der Waals surface area contributed by atoms with E-state index in [9.17, 15) is 0 Å². The molecule has 0 saturated carbocycles. The zero-order valence-electron chi connectivity index (χ0n) is 30.7. The Morgan fingerprint density at radius 2 is 1.07 bits per heavy atom. The molecule has 18 heteroatoms. The van der Waals surface area contributed by atoms with Crippen LogP contribution in [0, 0.1) is 0 Å². The standard InChI is InChI=1S/C26H65O9Si9/c1-18-36(6)26-30-38(9,10)20-22-41(15)32-40(13,14)33-42(16,24-25-44(27-3,28-4)29-5)35-43(17,34-41)23-21-39(11,12)31-37(7,8)19-2/h18-19H,1-2,20-26H2,3-17H3. The van der Waals surface area contributed by atoms with Gasteiger partial charge in [0, 0.05) is 33.6 Å². The van der Waals surface area contributed by atoms with Gasteiger partial charge >= 0.3 is 43.0 Å². The van der Waals surface area contributed by atoms with Crippen molar-refractivity contribution in [2.75, 3.05) is 27.6 Å². The summed E-state index contributed by atoms with van der Waals surface area (Å²) in [4.78, 5) is 0. The maximum absolute atomic E-state index is 7.36. The lowest BCUT2D eigenvalue weighted by molar-refractivity contribution is 0.124. The van der Waals surface area contributed by atoms with Crippen molar-refractivity contribution in [2.45, 2.75) is 115 Å². The van der Waals surface area contributed by atoms with E-state index in [1.54, 1.807) is 21.3 Å². The molecule has 1 rings (SSSR count). The minimum absolute atomic E-state index is 0.605. The predicted molar refractivity (Wildman–Crippen MR) is 204 cm³/mol. The average Bonchev–Trinajstić information content (AvgIpc) is 2.89. The Morgan fingerprint density at radius 3 is 1.48 bits per heavy atom. The first-order valence-electron chi connectivity index (χ1n) is 15.7. The van der Waals surface area contributed by atoms with E-state index in [2.05, 4.69) is 97.4 Å². The number of rotatable bonds is 19. The highest BCUT2D eigenvalue weighted by atomic mass is 28.5. The van der Waals surface area contributed by atoms with E-state index in [-0.39, 0.29) is 0 Å². The summed E-state index contributed by atoms with van der Waals surface area (Å²) in [5.74, 6) is 0. The SMILES string of the molecule is C=C[Si](C)CO[Si](C)(C)CC[Si]1(C)O[Si](C)(C)O[Si](C)(CC[Si](OC)(OC)OC)O[Si](C)(CC[Si](C)(C)O[Si](C)(C)C=C)O1. The average molecular weight is 775 g/mol. The van der Waals surface area contributed by atoms with E-state index < -0.39 is 76.8 Å². The minimum atomic E-state index is -2.83. The summed E-state index contributed by atoms with van der Waals surface area (Å²) in [6.45, 7) is 34.7. The fourth-order valence-corrected chi connectivity index (χ4v) is 47.6. The summed E-state index contributed by atoms with van der Waals surface area (Å²) in [7, 11) is -15.4. The second-order valence-electron chi connectivity index (χ2n) is 14.8.